The highest BCUT2D eigenvalue weighted by Gasteiger charge is 2.14. The molecule has 1 saturated heterocycles. The summed E-state index contributed by atoms with van der Waals surface area (Å²) in [6.45, 7) is 1.80. The van der Waals surface area contributed by atoms with Crippen molar-refractivity contribution in [3.05, 3.63) is 28.2 Å². The number of para-hydroxylation sites is 1. The lowest BCUT2D eigenvalue weighted by atomic mass is 10.1. The van der Waals surface area contributed by atoms with E-state index in [2.05, 4.69) is 5.32 Å². The zero-order valence-corrected chi connectivity index (χ0v) is 11.2. The van der Waals surface area contributed by atoms with E-state index in [1.165, 1.54) is 12.8 Å². The zero-order valence-electron chi connectivity index (χ0n) is 9.72. The Morgan fingerprint density at radius 1 is 1.29 bits per heavy atom. The number of anilines is 1. The molecule has 2 nitrogen and oxygen atoms in total. The lowest BCUT2D eigenvalue weighted by molar-refractivity contribution is 0.103. The molecule has 1 unspecified atom stereocenters. The Bertz CT molecular complexity index is 344. The Labute approximate surface area is 112 Å². The standard InChI is InChI=1S/C13H17Cl2NO/c14-11-6-1-7-12(15)13(11)16-8-2-4-10-5-3-9-17-10/h1,6-7,10,16H,2-5,8-9H2. The maximum absolute atomic E-state index is 6.06. The molecule has 0 saturated carbocycles. The summed E-state index contributed by atoms with van der Waals surface area (Å²) in [5, 5.41) is 4.64. The van der Waals surface area contributed by atoms with Crippen LogP contribution in [0.15, 0.2) is 18.2 Å². The van der Waals surface area contributed by atoms with Crippen LogP contribution in [-0.2, 0) is 4.74 Å². The van der Waals surface area contributed by atoms with E-state index in [-0.39, 0.29) is 0 Å². The first-order valence-corrected chi connectivity index (χ1v) is 6.82. The molecule has 94 valence electrons. The normalized spacial score (nSPS) is 19.5. The summed E-state index contributed by atoms with van der Waals surface area (Å²) in [5.74, 6) is 0. The molecule has 0 radical (unpaired) electrons. The Morgan fingerprint density at radius 3 is 2.71 bits per heavy atom. The quantitative estimate of drug-likeness (QED) is 0.805. The van der Waals surface area contributed by atoms with Gasteiger partial charge in [0.15, 0.2) is 0 Å². The second kappa shape index (κ2) is 6.48. The largest absolute Gasteiger partial charge is 0.383 e. The highest BCUT2D eigenvalue weighted by Crippen LogP contribution is 2.29. The first kappa shape index (κ1) is 13.0. The van der Waals surface area contributed by atoms with E-state index in [0.717, 1.165) is 31.7 Å². The maximum Gasteiger partial charge on any atom is 0.0718 e. The van der Waals surface area contributed by atoms with E-state index in [1.54, 1.807) is 0 Å². The third-order valence-electron chi connectivity index (χ3n) is 2.99. The van der Waals surface area contributed by atoms with Gasteiger partial charge in [0.1, 0.15) is 0 Å². The fraction of sp³-hybridized carbons (Fsp3) is 0.538. The van der Waals surface area contributed by atoms with Crippen LogP contribution in [0.2, 0.25) is 10.0 Å². The second-order valence-corrected chi connectivity index (χ2v) is 5.12. The lowest BCUT2D eigenvalue weighted by Gasteiger charge is -2.12. The monoisotopic (exact) mass is 273 g/mol. The van der Waals surface area contributed by atoms with Crippen molar-refractivity contribution >= 4 is 28.9 Å². The minimum Gasteiger partial charge on any atom is -0.383 e. The molecular formula is C13H17Cl2NO. The van der Waals surface area contributed by atoms with E-state index in [9.17, 15) is 0 Å². The average Bonchev–Trinajstić information content (AvgIpc) is 2.80. The predicted octanol–water partition coefficient (Wildman–Crippen LogP) is 4.36. The van der Waals surface area contributed by atoms with E-state index in [1.807, 2.05) is 18.2 Å². The van der Waals surface area contributed by atoms with E-state index < -0.39 is 0 Å². The molecule has 0 amide bonds. The van der Waals surface area contributed by atoms with Crippen molar-refractivity contribution in [2.24, 2.45) is 0 Å². The van der Waals surface area contributed by atoms with Crippen molar-refractivity contribution in [3.8, 4) is 0 Å². The van der Waals surface area contributed by atoms with E-state index in [4.69, 9.17) is 27.9 Å². The Hall–Kier alpha value is -0.440. The number of hydrogen-bond donors (Lipinski definition) is 1. The van der Waals surface area contributed by atoms with Crippen LogP contribution in [0.5, 0.6) is 0 Å². The third kappa shape index (κ3) is 3.77. The van der Waals surface area contributed by atoms with Gasteiger partial charge in [-0.25, -0.2) is 0 Å². The van der Waals surface area contributed by atoms with Gasteiger partial charge in [-0.3, -0.25) is 0 Å². The van der Waals surface area contributed by atoms with Crippen molar-refractivity contribution in [1.82, 2.24) is 0 Å². The minimum atomic E-state index is 0.457. The number of halogens is 2. The van der Waals surface area contributed by atoms with E-state index in [0.29, 0.717) is 16.1 Å². The first-order valence-electron chi connectivity index (χ1n) is 6.07. The molecule has 2 rings (SSSR count). The van der Waals surface area contributed by atoms with Gasteiger partial charge >= 0.3 is 0 Å². The Morgan fingerprint density at radius 2 is 2.06 bits per heavy atom. The summed E-state index contributed by atoms with van der Waals surface area (Å²) in [6.07, 6.45) is 5.04. The molecule has 1 N–H and O–H groups in total. The number of hydrogen-bond acceptors (Lipinski definition) is 2. The van der Waals surface area contributed by atoms with Crippen LogP contribution in [0.3, 0.4) is 0 Å². The predicted molar refractivity (Wildman–Crippen MR) is 73.2 cm³/mol. The molecule has 0 aromatic heterocycles. The number of benzene rings is 1. The molecule has 1 aliphatic rings. The second-order valence-electron chi connectivity index (χ2n) is 4.30. The fourth-order valence-corrected chi connectivity index (χ4v) is 2.61. The molecule has 0 spiro atoms. The van der Waals surface area contributed by atoms with Crippen LogP contribution in [-0.4, -0.2) is 19.3 Å². The van der Waals surface area contributed by atoms with Crippen molar-refractivity contribution < 1.29 is 4.74 Å². The summed E-state index contributed by atoms with van der Waals surface area (Å²) in [5.41, 5.74) is 0.836. The van der Waals surface area contributed by atoms with Crippen LogP contribution in [0.1, 0.15) is 25.7 Å². The summed E-state index contributed by atoms with van der Waals surface area (Å²) < 4.78 is 5.57. The van der Waals surface area contributed by atoms with Gasteiger partial charge in [0, 0.05) is 13.2 Å². The van der Waals surface area contributed by atoms with Gasteiger partial charge in [0.2, 0.25) is 0 Å². The van der Waals surface area contributed by atoms with Gasteiger partial charge in [-0.05, 0) is 37.8 Å². The minimum absolute atomic E-state index is 0.457. The fourth-order valence-electron chi connectivity index (χ4n) is 2.08. The molecule has 1 heterocycles. The number of ether oxygens (including phenoxy) is 1. The first-order chi connectivity index (χ1) is 8.27. The van der Waals surface area contributed by atoms with Crippen molar-refractivity contribution in [2.75, 3.05) is 18.5 Å². The summed E-state index contributed by atoms with van der Waals surface area (Å²) in [6, 6.07) is 5.54. The molecule has 1 atom stereocenters. The van der Waals surface area contributed by atoms with Crippen LogP contribution in [0.4, 0.5) is 5.69 Å². The van der Waals surface area contributed by atoms with Crippen LogP contribution < -0.4 is 5.32 Å². The molecule has 1 aliphatic heterocycles. The zero-order chi connectivity index (χ0) is 12.1. The molecule has 17 heavy (non-hydrogen) atoms. The third-order valence-corrected chi connectivity index (χ3v) is 3.62. The number of rotatable bonds is 5. The molecule has 4 heteroatoms. The van der Waals surface area contributed by atoms with Crippen LogP contribution in [0, 0.1) is 0 Å². The molecule has 0 bridgehead atoms. The lowest BCUT2D eigenvalue weighted by Crippen LogP contribution is -2.09. The molecular weight excluding hydrogens is 257 g/mol. The topological polar surface area (TPSA) is 21.3 Å². The molecule has 1 aromatic carbocycles. The van der Waals surface area contributed by atoms with Gasteiger partial charge in [0.05, 0.1) is 21.8 Å². The molecule has 1 aromatic rings. The molecule has 1 fully saturated rings. The molecule has 0 aliphatic carbocycles. The van der Waals surface area contributed by atoms with Gasteiger partial charge in [-0.1, -0.05) is 29.3 Å². The van der Waals surface area contributed by atoms with Crippen molar-refractivity contribution in [3.63, 3.8) is 0 Å². The van der Waals surface area contributed by atoms with Gasteiger partial charge in [0.25, 0.3) is 0 Å². The SMILES string of the molecule is Clc1cccc(Cl)c1NCCCC1CCCO1. The summed E-state index contributed by atoms with van der Waals surface area (Å²) in [4.78, 5) is 0. The van der Waals surface area contributed by atoms with Crippen LogP contribution >= 0.6 is 23.2 Å². The van der Waals surface area contributed by atoms with E-state index >= 15 is 0 Å². The summed E-state index contributed by atoms with van der Waals surface area (Å²) >= 11 is 12.1. The van der Waals surface area contributed by atoms with Gasteiger partial charge < -0.3 is 10.1 Å². The van der Waals surface area contributed by atoms with Crippen LogP contribution in [0.25, 0.3) is 0 Å². The Kier molecular flexibility index (Phi) is 4.96. The van der Waals surface area contributed by atoms with Gasteiger partial charge in [-0.2, -0.15) is 0 Å². The Balaban J connectivity index is 1.74. The number of nitrogens with one attached hydrogen (secondary N) is 1. The van der Waals surface area contributed by atoms with Gasteiger partial charge in [-0.15, -0.1) is 0 Å². The average molecular weight is 274 g/mol. The van der Waals surface area contributed by atoms with Crippen molar-refractivity contribution in [1.29, 1.82) is 0 Å². The highest BCUT2D eigenvalue weighted by atomic mass is 35.5. The summed E-state index contributed by atoms with van der Waals surface area (Å²) in [7, 11) is 0. The maximum atomic E-state index is 6.06. The smallest absolute Gasteiger partial charge is 0.0718 e. The highest BCUT2D eigenvalue weighted by molar-refractivity contribution is 6.39. The van der Waals surface area contributed by atoms with Crippen molar-refractivity contribution in [2.45, 2.75) is 31.8 Å².